The van der Waals surface area contributed by atoms with E-state index in [9.17, 15) is 14.9 Å². The summed E-state index contributed by atoms with van der Waals surface area (Å²) in [6, 6.07) is 13.6. The quantitative estimate of drug-likeness (QED) is 0.639. The first-order valence-electron chi connectivity index (χ1n) is 7.12. The summed E-state index contributed by atoms with van der Waals surface area (Å²) >= 11 is 1.47. The molecule has 0 saturated heterocycles. The lowest BCUT2D eigenvalue weighted by Gasteiger charge is -2.08. The van der Waals surface area contributed by atoms with E-state index in [-0.39, 0.29) is 28.6 Å². The van der Waals surface area contributed by atoms with Gasteiger partial charge in [0, 0.05) is 17.9 Å². The Morgan fingerprint density at radius 2 is 2.08 bits per heavy atom. The monoisotopic (exact) mass is 341 g/mol. The Labute approximate surface area is 143 Å². The molecule has 0 saturated carbocycles. The number of nitriles is 1. The Balaban J connectivity index is 1.94. The molecule has 0 heterocycles. The number of amides is 1. The molecule has 1 amide bonds. The zero-order chi connectivity index (χ0) is 17.5. The Bertz CT molecular complexity index is 815. The topological polar surface area (TPSA) is 96.0 Å². The number of non-ortho nitro benzene ring substituents is 1. The van der Waals surface area contributed by atoms with Gasteiger partial charge in [0.05, 0.1) is 21.9 Å². The van der Waals surface area contributed by atoms with Crippen molar-refractivity contribution >= 4 is 29.0 Å². The van der Waals surface area contributed by atoms with Gasteiger partial charge in [-0.05, 0) is 24.1 Å². The molecule has 0 atom stereocenters. The van der Waals surface area contributed by atoms with Gasteiger partial charge in [0.2, 0.25) is 5.91 Å². The smallest absolute Gasteiger partial charge is 0.270 e. The van der Waals surface area contributed by atoms with Crippen LogP contribution in [0, 0.1) is 28.4 Å². The summed E-state index contributed by atoms with van der Waals surface area (Å²) in [7, 11) is 0. The number of anilines is 1. The number of benzene rings is 2. The van der Waals surface area contributed by atoms with E-state index in [1.165, 1.54) is 35.0 Å². The van der Waals surface area contributed by atoms with Crippen LogP contribution < -0.4 is 5.32 Å². The van der Waals surface area contributed by atoms with Crippen LogP contribution in [0.15, 0.2) is 42.5 Å². The highest BCUT2D eigenvalue weighted by Gasteiger charge is 2.12. The van der Waals surface area contributed by atoms with Crippen molar-refractivity contribution in [3.63, 3.8) is 0 Å². The summed E-state index contributed by atoms with van der Waals surface area (Å²) in [6.45, 7) is 2.02. The van der Waals surface area contributed by atoms with Crippen LogP contribution in [0.2, 0.25) is 0 Å². The van der Waals surface area contributed by atoms with Crippen LogP contribution in [-0.4, -0.2) is 16.6 Å². The van der Waals surface area contributed by atoms with Gasteiger partial charge in [-0.25, -0.2) is 0 Å². The Morgan fingerprint density at radius 1 is 1.33 bits per heavy atom. The van der Waals surface area contributed by atoms with Crippen molar-refractivity contribution in [3.8, 4) is 6.07 Å². The summed E-state index contributed by atoms with van der Waals surface area (Å²) < 4.78 is 0. The van der Waals surface area contributed by atoms with Crippen molar-refractivity contribution in [3.05, 3.63) is 69.3 Å². The number of nitrogens with one attached hydrogen (secondary N) is 1. The van der Waals surface area contributed by atoms with Crippen molar-refractivity contribution in [2.45, 2.75) is 12.7 Å². The Kier molecular flexibility index (Phi) is 5.93. The molecular weight excluding hydrogens is 326 g/mol. The van der Waals surface area contributed by atoms with Crippen LogP contribution in [0.4, 0.5) is 11.4 Å². The third kappa shape index (κ3) is 4.57. The van der Waals surface area contributed by atoms with Crippen molar-refractivity contribution in [1.29, 1.82) is 5.26 Å². The molecule has 6 nitrogen and oxygen atoms in total. The van der Waals surface area contributed by atoms with Crippen molar-refractivity contribution in [2.24, 2.45) is 0 Å². The largest absolute Gasteiger partial charge is 0.324 e. The SMILES string of the molecule is Cc1ccccc1CSCC(=O)Nc1ccc([N+](=O)[O-])cc1C#N. The molecule has 0 aliphatic rings. The second kappa shape index (κ2) is 8.13. The number of aryl methyl sites for hydroxylation is 1. The van der Waals surface area contributed by atoms with Gasteiger partial charge in [0.15, 0.2) is 0 Å². The minimum absolute atomic E-state index is 0.0708. The highest BCUT2D eigenvalue weighted by molar-refractivity contribution is 7.99. The molecule has 0 fully saturated rings. The lowest BCUT2D eigenvalue weighted by atomic mass is 10.1. The standard InChI is InChI=1S/C17H15N3O3S/c1-12-4-2-3-5-13(12)10-24-11-17(21)19-16-7-6-15(20(22)23)8-14(16)9-18/h2-8H,10-11H2,1H3,(H,19,21). The van der Waals surface area contributed by atoms with Crippen molar-refractivity contribution in [1.82, 2.24) is 0 Å². The average Bonchev–Trinajstić information content (AvgIpc) is 2.56. The second-order valence-electron chi connectivity index (χ2n) is 5.07. The highest BCUT2D eigenvalue weighted by atomic mass is 32.2. The maximum Gasteiger partial charge on any atom is 0.270 e. The van der Waals surface area contributed by atoms with Crippen LogP contribution in [0.5, 0.6) is 0 Å². The number of thioether (sulfide) groups is 1. The lowest BCUT2D eigenvalue weighted by Crippen LogP contribution is -2.15. The first-order valence-corrected chi connectivity index (χ1v) is 8.27. The molecule has 0 spiro atoms. The van der Waals surface area contributed by atoms with E-state index in [0.29, 0.717) is 5.75 Å². The Morgan fingerprint density at radius 3 is 2.75 bits per heavy atom. The first kappa shape index (κ1) is 17.5. The molecule has 122 valence electrons. The molecular formula is C17H15N3O3S. The number of rotatable bonds is 6. The van der Waals surface area contributed by atoms with Crippen molar-refractivity contribution < 1.29 is 9.72 Å². The summed E-state index contributed by atoms with van der Waals surface area (Å²) in [4.78, 5) is 22.1. The number of nitro groups is 1. The number of hydrogen-bond donors (Lipinski definition) is 1. The van der Waals surface area contributed by atoms with Gasteiger partial charge in [0.25, 0.3) is 5.69 Å². The van der Waals surface area contributed by atoms with Gasteiger partial charge in [-0.2, -0.15) is 5.26 Å². The van der Waals surface area contributed by atoms with Gasteiger partial charge in [0.1, 0.15) is 6.07 Å². The third-order valence-electron chi connectivity index (χ3n) is 3.36. The highest BCUT2D eigenvalue weighted by Crippen LogP contribution is 2.22. The third-order valence-corrected chi connectivity index (χ3v) is 4.34. The average molecular weight is 341 g/mol. The molecule has 0 unspecified atom stereocenters. The van der Waals surface area contributed by atoms with Crippen LogP contribution >= 0.6 is 11.8 Å². The number of nitro benzene ring substituents is 1. The fourth-order valence-corrected chi connectivity index (χ4v) is 2.96. The predicted molar refractivity (Wildman–Crippen MR) is 93.8 cm³/mol. The maximum atomic E-state index is 12.0. The van der Waals surface area contributed by atoms with Gasteiger partial charge in [-0.1, -0.05) is 24.3 Å². The fraction of sp³-hybridized carbons (Fsp3) is 0.176. The van der Waals surface area contributed by atoms with E-state index in [2.05, 4.69) is 5.32 Å². The van der Waals surface area contributed by atoms with E-state index >= 15 is 0 Å². The van der Waals surface area contributed by atoms with Crippen molar-refractivity contribution in [2.75, 3.05) is 11.1 Å². The fourth-order valence-electron chi connectivity index (χ4n) is 2.06. The van der Waals surface area contributed by atoms with E-state index in [4.69, 9.17) is 5.26 Å². The molecule has 24 heavy (non-hydrogen) atoms. The van der Waals surface area contributed by atoms with E-state index in [1.807, 2.05) is 37.3 Å². The molecule has 0 aromatic heterocycles. The first-order chi connectivity index (χ1) is 11.5. The van der Waals surface area contributed by atoms with Crippen LogP contribution in [-0.2, 0) is 10.5 Å². The van der Waals surface area contributed by atoms with Gasteiger partial charge >= 0.3 is 0 Å². The van der Waals surface area contributed by atoms with E-state index in [1.54, 1.807) is 0 Å². The van der Waals surface area contributed by atoms with Gasteiger partial charge in [-0.15, -0.1) is 11.8 Å². The predicted octanol–water partition coefficient (Wildman–Crippen LogP) is 3.65. The second-order valence-corrected chi connectivity index (χ2v) is 6.05. The molecule has 0 bridgehead atoms. The molecule has 0 radical (unpaired) electrons. The molecule has 0 aliphatic carbocycles. The van der Waals surface area contributed by atoms with Crippen LogP contribution in [0.1, 0.15) is 16.7 Å². The molecule has 0 aliphatic heterocycles. The van der Waals surface area contributed by atoms with E-state index in [0.717, 1.165) is 6.07 Å². The summed E-state index contributed by atoms with van der Waals surface area (Å²) in [5, 5.41) is 22.4. The molecule has 2 rings (SSSR count). The van der Waals surface area contributed by atoms with Crippen LogP contribution in [0.3, 0.4) is 0 Å². The molecule has 2 aromatic carbocycles. The zero-order valence-electron chi connectivity index (χ0n) is 13.0. The molecule has 2 aromatic rings. The van der Waals surface area contributed by atoms with Gasteiger partial charge in [-0.3, -0.25) is 14.9 Å². The minimum atomic E-state index is -0.579. The Hall–Kier alpha value is -2.85. The molecule has 7 heteroatoms. The number of nitrogens with zero attached hydrogens (tertiary/aromatic N) is 2. The normalized spacial score (nSPS) is 10.0. The van der Waals surface area contributed by atoms with E-state index < -0.39 is 4.92 Å². The summed E-state index contributed by atoms with van der Waals surface area (Å²) in [5.41, 5.74) is 2.51. The number of hydrogen-bond acceptors (Lipinski definition) is 5. The lowest BCUT2D eigenvalue weighted by molar-refractivity contribution is -0.384. The summed E-state index contributed by atoms with van der Waals surface area (Å²) in [5.74, 6) is 0.695. The van der Waals surface area contributed by atoms with Crippen LogP contribution in [0.25, 0.3) is 0 Å². The summed E-state index contributed by atoms with van der Waals surface area (Å²) in [6.07, 6.45) is 0. The maximum absolute atomic E-state index is 12.0. The molecule has 1 N–H and O–H groups in total. The number of carbonyl (C=O) groups excluding carboxylic acids is 1. The number of carbonyl (C=O) groups is 1. The minimum Gasteiger partial charge on any atom is -0.324 e. The zero-order valence-corrected chi connectivity index (χ0v) is 13.8. The van der Waals surface area contributed by atoms with Gasteiger partial charge < -0.3 is 5.32 Å².